The van der Waals surface area contributed by atoms with Crippen molar-refractivity contribution in [3.05, 3.63) is 12.7 Å². The lowest BCUT2D eigenvalue weighted by atomic mass is 9.84. The summed E-state index contributed by atoms with van der Waals surface area (Å²) in [5, 5.41) is 3.33. The van der Waals surface area contributed by atoms with Gasteiger partial charge in [-0.05, 0) is 25.3 Å². The third kappa shape index (κ3) is 4.20. The molecule has 0 heterocycles. The predicted octanol–water partition coefficient (Wildman–Crippen LogP) is 2.59. The molecule has 0 aromatic rings. The zero-order valence-electron chi connectivity index (χ0n) is 8.28. The van der Waals surface area contributed by atoms with E-state index in [1.54, 1.807) is 0 Å². The fourth-order valence-electron chi connectivity index (χ4n) is 1.29. The smallest absolute Gasteiger partial charge is 0.0115 e. The van der Waals surface area contributed by atoms with Crippen molar-refractivity contribution in [2.24, 2.45) is 5.41 Å². The molecule has 0 aromatic carbocycles. The number of hydrogen-bond acceptors (Lipinski definition) is 1. The topological polar surface area (TPSA) is 12.0 Å². The standard InChI is InChI=1S/C10H21N/c1-6-7-8-9(11-5)10(2,3)4/h6,9,11H,1,7-8H2,2-5H3. The first-order chi connectivity index (χ1) is 5.02. The highest BCUT2D eigenvalue weighted by molar-refractivity contribution is 4.81. The van der Waals surface area contributed by atoms with Crippen molar-refractivity contribution in [2.75, 3.05) is 7.05 Å². The number of allylic oxidation sites excluding steroid dienone is 1. The van der Waals surface area contributed by atoms with Crippen LogP contribution in [0, 0.1) is 5.41 Å². The van der Waals surface area contributed by atoms with Gasteiger partial charge in [-0.15, -0.1) is 6.58 Å². The van der Waals surface area contributed by atoms with Crippen LogP contribution in [0.3, 0.4) is 0 Å². The third-order valence-corrected chi connectivity index (χ3v) is 2.05. The molecule has 0 amide bonds. The van der Waals surface area contributed by atoms with Gasteiger partial charge in [0.25, 0.3) is 0 Å². The minimum atomic E-state index is 0.359. The van der Waals surface area contributed by atoms with Gasteiger partial charge in [0.15, 0.2) is 0 Å². The average Bonchev–Trinajstić information content (AvgIpc) is 1.87. The molecule has 1 atom stereocenters. The molecule has 11 heavy (non-hydrogen) atoms. The van der Waals surface area contributed by atoms with Crippen molar-refractivity contribution >= 4 is 0 Å². The van der Waals surface area contributed by atoms with Crippen LogP contribution in [0.4, 0.5) is 0 Å². The van der Waals surface area contributed by atoms with Gasteiger partial charge in [0.05, 0.1) is 0 Å². The molecule has 0 aliphatic heterocycles. The summed E-state index contributed by atoms with van der Waals surface area (Å²) in [6, 6.07) is 0.598. The van der Waals surface area contributed by atoms with Crippen LogP contribution in [-0.4, -0.2) is 13.1 Å². The highest BCUT2D eigenvalue weighted by atomic mass is 14.9. The lowest BCUT2D eigenvalue weighted by Crippen LogP contribution is -2.37. The lowest BCUT2D eigenvalue weighted by Gasteiger charge is -2.30. The van der Waals surface area contributed by atoms with Gasteiger partial charge < -0.3 is 5.32 Å². The molecule has 0 radical (unpaired) electrons. The Hall–Kier alpha value is -0.300. The maximum absolute atomic E-state index is 3.72. The highest BCUT2D eigenvalue weighted by Crippen LogP contribution is 2.22. The Morgan fingerprint density at radius 1 is 1.45 bits per heavy atom. The normalized spacial score (nSPS) is 14.5. The molecule has 66 valence electrons. The first-order valence-electron chi connectivity index (χ1n) is 4.30. The Bertz CT molecular complexity index is 111. The Morgan fingerprint density at radius 3 is 2.27 bits per heavy atom. The van der Waals surface area contributed by atoms with Crippen molar-refractivity contribution < 1.29 is 0 Å². The molecule has 0 saturated heterocycles. The first-order valence-corrected chi connectivity index (χ1v) is 4.30. The third-order valence-electron chi connectivity index (χ3n) is 2.05. The van der Waals surface area contributed by atoms with Crippen LogP contribution in [0.5, 0.6) is 0 Å². The fourth-order valence-corrected chi connectivity index (χ4v) is 1.29. The van der Waals surface area contributed by atoms with Gasteiger partial charge in [-0.3, -0.25) is 0 Å². The summed E-state index contributed by atoms with van der Waals surface area (Å²) in [5.41, 5.74) is 0.359. The predicted molar refractivity (Wildman–Crippen MR) is 51.7 cm³/mol. The van der Waals surface area contributed by atoms with E-state index in [0.717, 1.165) is 6.42 Å². The van der Waals surface area contributed by atoms with E-state index in [1.165, 1.54) is 6.42 Å². The molecule has 0 bridgehead atoms. The molecule has 0 spiro atoms. The van der Waals surface area contributed by atoms with E-state index >= 15 is 0 Å². The van der Waals surface area contributed by atoms with E-state index in [9.17, 15) is 0 Å². The molecule has 1 unspecified atom stereocenters. The second kappa shape index (κ2) is 4.55. The molecule has 1 N–H and O–H groups in total. The maximum Gasteiger partial charge on any atom is 0.0115 e. The van der Waals surface area contributed by atoms with E-state index in [4.69, 9.17) is 0 Å². The quantitative estimate of drug-likeness (QED) is 0.615. The van der Waals surface area contributed by atoms with Crippen LogP contribution in [0.2, 0.25) is 0 Å². The van der Waals surface area contributed by atoms with Gasteiger partial charge in [-0.1, -0.05) is 26.8 Å². The molecular formula is C10H21N. The largest absolute Gasteiger partial charge is 0.316 e. The molecule has 0 aromatic heterocycles. The van der Waals surface area contributed by atoms with Gasteiger partial charge in [-0.25, -0.2) is 0 Å². The summed E-state index contributed by atoms with van der Waals surface area (Å²) in [6.45, 7) is 10.5. The van der Waals surface area contributed by atoms with Crippen molar-refractivity contribution in [3.63, 3.8) is 0 Å². The van der Waals surface area contributed by atoms with Crippen molar-refractivity contribution in [2.45, 2.75) is 39.7 Å². The van der Waals surface area contributed by atoms with Crippen LogP contribution in [0.1, 0.15) is 33.6 Å². The summed E-state index contributed by atoms with van der Waals surface area (Å²) in [4.78, 5) is 0. The van der Waals surface area contributed by atoms with Crippen molar-refractivity contribution in [1.82, 2.24) is 5.32 Å². The number of nitrogens with one attached hydrogen (secondary N) is 1. The van der Waals surface area contributed by atoms with Gasteiger partial charge in [0.1, 0.15) is 0 Å². The van der Waals surface area contributed by atoms with Crippen LogP contribution >= 0.6 is 0 Å². The molecule has 0 saturated carbocycles. The van der Waals surface area contributed by atoms with Crippen molar-refractivity contribution in [3.8, 4) is 0 Å². The van der Waals surface area contributed by atoms with E-state index in [-0.39, 0.29) is 0 Å². The Balaban J connectivity index is 3.85. The molecule has 0 aliphatic carbocycles. The first kappa shape index (κ1) is 10.7. The second-order valence-corrected chi connectivity index (χ2v) is 4.07. The lowest BCUT2D eigenvalue weighted by molar-refractivity contribution is 0.269. The summed E-state index contributed by atoms with van der Waals surface area (Å²) >= 11 is 0. The number of hydrogen-bond donors (Lipinski definition) is 1. The van der Waals surface area contributed by atoms with Gasteiger partial charge in [0.2, 0.25) is 0 Å². The molecule has 1 nitrogen and oxygen atoms in total. The molecule has 1 heteroatoms. The highest BCUT2D eigenvalue weighted by Gasteiger charge is 2.21. The van der Waals surface area contributed by atoms with E-state index < -0.39 is 0 Å². The number of rotatable bonds is 4. The minimum absolute atomic E-state index is 0.359. The summed E-state index contributed by atoms with van der Waals surface area (Å²) < 4.78 is 0. The van der Waals surface area contributed by atoms with E-state index in [2.05, 4.69) is 32.7 Å². The Morgan fingerprint density at radius 2 is 2.00 bits per heavy atom. The molecule has 0 rings (SSSR count). The minimum Gasteiger partial charge on any atom is -0.316 e. The molecule has 0 fully saturated rings. The SMILES string of the molecule is C=CCCC(NC)C(C)(C)C. The van der Waals surface area contributed by atoms with E-state index in [0.29, 0.717) is 11.5 Å². The average molecular weight is 155 g/mol. The van der Waals surface area contributed by atoms with Crippen LogP contribution in [-0.2, 0) is 0 Å². The zero-order chi connectivity index (χ0) is 8.91. The summed E-state index contributed by atoms with van der Waals surface area (Å²) in [6.07, 6.45) is 4.27. The Labute approximate surface area is 70.9 Å². The van der Waals surface area contributed by atoms with Gasteiger partial charge >= 0.3 is 0 Å². The van der Waals surface area contributed by atoms with Gasteiger partial charge in [0, 0.05) is 6.04 Å². The molecule has 0 aliphatic rings. The van der Waals surface area contributed by atoms with Crippen LogP contribution < -0.4 is 5.32 Å². The van der Waals surface area contributed by atoms with Crippen molar-refractivity contribution in [1.29, 1.82) is 0 Å². The molecular weight excluding hydrogens is 134 g/mol. The fraction of sp³-hybridized carbons (Fsp3) is 0.800. The van der Waals surface area contributed by atoms with Gasteiger partial charge in [-0.2, -0.15) is 0 Å². The second-order valence-electron chi connectivity index (χ2n) is 4.07. The zero-order valence-corrected chi connectivity index (χ0v) is 8.28. The summed E-state index contributed by atoms with van der Waals surface area (Å²) in [7, 11) is 2.03. The van der Waals surface area contributed by atoms with Crippen LogP contribution in [0.25, 0.3) is 0 Å². The van der Waals surface area contributed by atoms with E-state index in [1.807, 2.05) is 13.1 Å². The Kier molecular flexibility index (Phi) is 4.43. The summed E-state index contributed by atoms with van der Waals surface area (Å²) in [5.74, 6) is 0. The maximum atomic E-state index is 3.72. The monoisotopic (exact) mass is 155 g/mol. The van der Waals surface area contributed by atoms with Crippen LogP contribution in [0.15, 0.2) is 12.7 Å².